The van der Waals surface area contributed by atoms with E-state index in [4.69, 9.17) is 11.6 Å². The number of carboxylic acid groups (broad SMARTS) is 1. The van der Waals surface area contributed by atoms with E-state index in [0.717, 1.165) is 18.4 Å². The third kappa shape index (κ3) is 4.38. The molecular weight excluding hydrogens is 310 g/mol. The Balaban J connectivity index is 1.79. The molecule has 6 heteroatoms. The van der Waals surface area contributed by atoms with Gasteiger partial charge in [0.2, 0.25) is 5.91 Å². The van der Waals surface area contributed by atoms with Crippen LogP contribution in [0.3, 0.4) is 0 Å². The van der Waals surface area contributed by atoms with E-state index in [1.54, 1.807) is 0 Å². The van der Waals surface area contributed by atoms with Crippen molar-refractivity contribution in [2.75, 3.05) is 5.75 Å². The lowest BCUT2D eigenvalue weighted by Gasteiger charge is -2.25. The van der Waals surface area contributed by atoms with Crippen LogP contribution in [0, 0.1) is 0 Å². The van der Waals surface area contributed by atoms with Crippen LogP contribution in [-0.4, -0.2) is 28.3 Å². The zero-order chi connectivity index (χ0) is 15.3. The summed E-state index contributed by atoms with van der Waals surface area (Å²) in [7, 11) is 0. The zero-order valence-corrected chi connectivity index (χ0v) is 13.2. The van der Waals surface area contributed by atoms with E-state index < -0.39 is 11.5 Å². The number of hydrogen-bond donors (Lipinski definition) is 2. The Morgan fingerprint density at radius 1 is 1.24 bits per heavy atom. The van der Waals surface area contributed by atoms with Crippen LogP contribution < -0.4 is 5.32 Å². The van der Waals surface area contributed by atoms with E-state index in [-0.39, 0.29) is 11.7 Å². The summed E-state index contributed by atoms with van der Waals surface area (Å²) < 4.78 is 0. The Labute approximate surface area is 133 Å². The summed E-state index contributed by atoms with van der Waals surface area (Å²) >= 11 is 7.28. The maximum atomic E-state index is 11.9. The van der Waals surface area contributed by atoms with Gasteiger partial charge >= 0.3 is 5.97 Å². The summed E-state index contributed by atoms with van der Waals surface area (Å²) in [5.41, 5.74) is 0.0452. The van der Waals surface area contributed by atoms with Crippen molar-refractivity contribution in [3.63, 3.8) is 0 Å². The minimum absolute atomic E-state index is 0.210. The molecule has 1 aromatic rings. The fourth-order valence-corrected chi connectivity index (χ4v) is 3.43. The number of carbonyl (C=O) groups excluding carboxylic acids is 1. The molecule has 0 bridgehead atoms. The number of benzene rings is 1. The van der Waals surface area contributed by atoms with Crippen molar-refractivity contribution in [2.24, 2.45) is 0 Å². The third-order valence-electron chi connectivity index (χ3n) is 3.66. The molecule has 0 radical (unpaired) electrons. The number of carbonyl (C=O) groups is 2. The quantitative estimate of drug-likeness (QED) is 0.842. The van der Waals surface area contributed by atoms with E-state index in [2.05, 4.69) is 5.32 Å². The molecule has 0 atom stereocenters. The molecule has 21 heavy (non-hydrogen) atoms. The number of amides is 1. The third-order valence-corrected chi connectivity index (χ3v) is 4.92. The van der Waals surface area contributed by atoms with E-state index in [1.807, 2.05) is 24.3 Å². The second kappa shape index (κ2) is 7.18. The molecule has 0 saturated heterocycles. The van der Waals surface area contributed by atoms with Gasteiger partial charge in [0.15, 0.2) is 0 Å². The Morgan fingerprint density at radius 3 is 2.43 bits per heavy atom. The Bertz CT molecular complexity index is 512. The van der Waals surface area contributed by atoms with Gasteiger partial charge in [-0.1, -0.05) is 36.6 Å². The Hall–Kier alpha value is -1.20. The molecule has 4 nitrogen and oxygen atoms in total. The first kappa shape index (κ1) is 16.2. The summed E-state index contributed by atoms with van der Waals surface area (Å²) in [6.07, 6.45) is 2.75. The molecule has 0 unspecified atom stereocenters. The van der Waals surface area contributed by atoms with E-state index in [9.17, 15) is 14.7 Å². The molecule has 1 aromatic carbocycles. The van der Waals surface area contributed by atoms with Gasteiger partial charge in [-0.25, -0.2) is 4.79 Å². The highest BCUT2D eigenvalue weighted by Crippen LogP contribution is 2.30. The lowest BCUT2D eigenvalue weighted by atomic mass is 9.98. The van der Waals surface area contributed by atoms with Crippen molar-refractivity contribution >= 4 is 35.2 Å². The van der Waals surface area contributed by atoms with Crippen LogP contribution in [0.2, 0.25) is 5.02 Å². The molecule has 1 aliphatic carbocycles. The second-order valence-corrected chi connectivity index (χ2v) is 6.68. The molecule has 2 N–H and O–H groups in total. The number of rotatable bonds is 6. The maximum absolute atomic E-state index is 11.9. The van der Waals surface area contributed by atoms with E-state index >= 15 is 0 Å². The van der Waals surface area contributed by atoms with Gasteiger partial charge in [-0.3, -0.25) is 4.79 Å². The molecular formula is C15H18ClNO3S. The average Bonchev–Trinajstić information content (AvgIpc) is 2.91. The van der Waals surface area contributed by atoms with Crippen LogP contribution in [0.25, 0.3) is 0 Å². The van der Waals surface area contributed by atoms with Crippen molar-refractivity contribution in [1.29, 1.82) is 0 Å². The summed E-state index contributed by atoms with van der Waals surface area (Å²) in [5.74, 6) is -0.170. The van der Waals surface area contributed by atoms with Gasteiger partial charge in [-0.2, -0.15) is 0 Å². The van der Waals surface area contributed by atoms with Crippen LogP contribution in [0.1, 0.15) is 31.2 Å². The fraction of sp³-hybridized carbons (Fsp3) is 0.467. The highest BCUT2D eigenvalue weighted by molar-refractivity contribution is 7.99. The van der Waals surface area contributed by atoms with E-state index in [1.165, 1.54) is 11.8 Å². The monoisotopic (exact) mass is 327 g/mol. The molecule has 1 fully saturated rings. The first-order chi connectivity index (χ1) is 10.0. The minimum atomic E-state index is -1.04. The maximum Gasteiger partial charge on any atom is 0.329 e. The molecule has 114 valence electrons. The standard InChI is InChI=1S/C15H18ClNO3S/c16-12-5-3-11(4-6-12)9-21-10-13(18)17-15(14(19)20)7-1-2-8-15/h3-6H,1-2,7-10H2,(H,17,18)(H,19,20). The molecule has 2 rings (SSSR count). The molecule has 1 aliphatic rings. The number of thioether (sulfide) groups is 1. The van der Waals surface area contributed by atoms with Gasteiger partial charge in [-0.15, -0.1) is 11.8 Å². The summed E-state index contributed by atoms with van der Waals surface area (Å²) in [6, 6.07) is 7.47. The number of nitrogens with one attached hydrogen (secondary N) is 1. The van der Waals surface area contributed by atoms with Crippen molar-refractivity contribution in [1.82, 2.24) is 5.32 Å². The van der Waals surface area contributed by atoms with Crippen LogP contribution in [0.5, 0.6) is 0 Å². The lowest BCUT2D eigenvalue weighted by molar-refractivity contribution is -0.147. The smallest absolute Gasteiger partial charge is 0.329 e. The van der Waals surface area contributed by atoms with Crippen molar-refractivity contribution in [2.45, 2.75) is 37.0 Å². The molecule has 1 saturated carbocycles. The highest BCUT2D eigenvalue weighted by atomic mass is 35.5. The zero-order valence-electron chi connectivity index (χ0n) is 11.6. The fourth-order valence-electron chi connectivity index (χ4n) is 2.52. The molecule has 1 amide bonds. The number of halogens is 1. The Morgan fingerprint density at radius 2 is 1.86 bits per heavy atom. The predicted octanol–water partition coefficient (Wildman–Crippen LogP) is 3.09. The molecule has 0 aromatic heterocycles. The van der Waals surface area contributed by atoms with Crippen LogP contribution in [0.15, 0.2) is 24.3 Å². The molecule has 0 aliphatic heterocycles. The van der Waals surface area contributed by atoms with Gasteiger partial charge in [-0.05, 0) is 30.5 Å². The normalized spacial score (nSPS) is 16.6. The lowest BCUT2D eigenvalue weighted by Crippen LogP contribution is -2.53. The van der Waals surface area contributed by atoms with Crippen molar-refractivity contribution in [3.8, 4) is 0 Å². The van der Waals surface area contributed by atoms with Gasteiger partial charge in [0.05, 0.1) is 5.75 Å². The molecule has 0 spiro atoms. The summed E-state index contributed by atoms with van der Waals surface area (Å²) in [4.78, 5) is 23.3. The van der Waals surface area contributed by atoms with Crippen molar-refractivity contribution in [3.05, 3.63) is 34.9 Å². The van der Waals surface area contributed by atoms with Crippen LogP contribution in [-0.2, 0) is 15.3 Å². The minimum Gasteiger partial charge on any atom is -0.480 e. The topological polar surface area (TPSA) is 66.4 Å². The average molecular weight is 328 g/mol. The summed E-state index contributed by atoms with van der Waals surface area (Å²) in [5, 5.41) is 12.7. The highest BCUT2D eigenvalue weighted by Gasteiger charge is 2.42. The number of carboxylic acids is 1. The van der Waals surface area contributed by atoms with Gasteiger partial charge in [0.25, 0.3) is 0 Å². The SMILES string of the molecule is O=C(CSCc1ccc(Cl)cc1)NC1(C(=O)O)CCCC1. The number of hydrogen-bond acceptors (Lipinski definition) is 3. The first-order valence-electron chi connectivity index (χ1n) is 6.88. The predicted molar refractivity (Wildman–Crippen MR) is 84.6 cm³/mol. The van der Waals surface area contributed by atoms with Gasteiger partial charge in [0.1, 0.15) is 5.54 Å². The summed E-state index contributed by atoms with van der Waals surface area (Å²) in [6.45, 7) is 0. The van der Waals surface area contributed by atoms with Gasteiger partial charge in [0, 0.05) is 10.8 Å². The van der Waals surface area contributed by atoms with Gasteiger partial charge < -0.3 is 10.4 Å². The largest absolute Gasteiger partial charge is 0.480 e. The molecule has 0 heterocycles. The van der Waals surface area contributed by atoms with Crippen LogP contribution >= 0.6 is 23.4 Å². The Kier molecular flexibility index (Phi) is 5.53. The van der Waals surface area contributed by atoms with Crippen LogP contribution in [0.4, 0.5) is 0 Å². The first-order valence-corrected chi connectivity index (χ1v) is 8.42. The van der Waals surface area contributed by atoms with Crippen molar-refractivity contribution < 1.29 is 14.7 Å². The second-order valence-electron chi connectivity index (χ2n) is 5.26. The number of aliphatic carboxylic acids is 1. The van der Waals surface area contributed by atoms with E-state index in [0.29, 0.717) is 23.6 Å².